The largest absolute Gasteiger partial charge is 0.491 e. The van der Waals surface area contributed by atoms with E-state index in [-0.39, 0.29) is 12.1 Å². The molecule has 0 aliphatic rings. The highest BCUT2D eigenvalue weighted by atomic mass is 16.5. The fraction of sp³-hybridized carbons (Fsp3) is 0.136. The van der Waals surface area contributed by atoms with Gasteiger partial charge in [0.2, 0.25) is 0 Å². The number of carbonyl (C=O) groups excluding carboxylic acids is 1. The zero-order valence-corrected chi connectivity index (χ0v) is 15.4. The second-order valence-electron chi connectivity index (χ2n) is 6.34. The summed E-state index contributed by atoms with van der Waals surface area (Å²) in [6, 6.07) is 24.4. The molecule has 0 spiro atoms. The number of benzene rings is 3. The van der Waals surface area contributed by atoms with Crippen molar-refractivity contribution < 1.29 is 9.53 Å². The van der Waals surface area contributed by atoms with Gasteiger partial charge in [-0.3, -0.25) is 0 Å². The summed E-state index contributed by atoms with van der Waals surface area (Å²) in [6.07, 6.45) is 0.156. The molecule has 3 aromatic rings. The van der Waals surface area contributed by atoms with Gasteiger partial charge in [-0.05, 0) is 74.5 Å². The monoisotopic (exact) mass is 361 g/mol. The van der Waals surface area contributed by atoms with Crippen LogP contribution in [0.1, 0.15) is 13.8 Å². The van der Waals surface area contributed by atoms with Crippen LogP contribution in [0.25, 0.3) is 0 Å². The van der Waals surface area contributed by atoms with E-state index in [9.17, 15) is 4.79 Å². The molecule has 0 heterocycles. The minimum absolute atomic E-state index is 0.156. The molecule has 138 valence electrons. The van der Waals surface area contributed by atoms with Crippen LogP contribution in [0.15, 0.2) is 78.9 Å². The normalized spacial score (nSPS) is 10.3. The Kier molecular flexibility index (Phi) is 5.94. The van der Waals surface area contributed by atoms with Crippen LogP contribution in [0.3, 0.4) is 0 Å². The highest BCUT2D eigenvalue weighted by Crippen LogP contribution is 2.22. The minimum Gasteiger partial charge on any atom is -0.491 e. The molecule has 0 fully saturated rings. The summed E-state index contributed by atoms with van der Waals surface area (Å²) >= 11 is 0. The Morgan fingerprint density at radius 1 is 0.704 bits per heavy atom. The van der Waals surface area contributed by atoms with Gasteiger partial charge in [0.05, 0.1) is 6.10 Å². The van der Waals surface area contributed by atoms with Gasteiger partial charge in [0.1, 0.15) is 5.75 Å². The maximum Gasteiger partial charge on any atom is 0.323 e. The molecule has 0 aliphatic heterocycles. The zero-order valence-electron chi connectivity index (χ0n) is 15.4. The summed E-state index contributed by atoms with van der Waals surface area (Å²) in [5, 5.41) is 8.92. The first-order valence-electron chi connectivity index (χ1n) is 8.85. The number of nitrogens with one attached hydrogen (secondary N) is 3. The topological polar surface area (TPSA) is 62.4 Å². The summed E-state index contributed by atoms with van der Waals surface area (Å²) in [6.45, 7) is 4.00. The summed E-state index contributed by atoms with van der Waals surface area (Å²) in [5.74, 6) is 0.847. The lowest BCUT2D eigenvalue weighted by Crippen LogP contribution is -2.19. The molecule has 3 N–H and O–H groups in total. The highest BCUT2D eigenvalue weighted by Gasteiger charge is 2.03. The molecule has 5 nitrogen and oxygen atoms in total. The molecule has 0 bridgehead atoms. The van der Waals surface area contributed by atoms with E-state index < -0.39 is 0 Å². The Balaban J connectivity index is 1.54. The van der Waals surface area contributed by atoms with Gasteiger partial charge in [0.15, 0.2) is 0 Å². The molecule has 5 heteroatoms. The number of rotatable bonds is 6. The molecule has 0 aliphatic carbocycles. The molecule has 0 aromatic heterocycles. The average molecular weight is 361 g/mol. The van der Waals surface area contributed by atoms with Gasteiger partial charge in [-0.1, -0.05) is 18.2 Å². The van der Waals surface area contributed by atoms with Crippen molar-refractivity contribution >= 4 is 28.8 Å². The van der Waals surface area contributed by atoms with Gasteiger partial charge in [-0.25, -0.2) is 4.79 Å². The predicted molar refractivity (Wildman–Crippen MR) is 111 cm³/mol. The molecule has 0 radical (unpaired) electrons. The molecular formula is C22H23N3O2. The predicted octanol–water partition coefficient (Wildman–Crippen LogP) is 5.86. The van der Waals surface area contributed by atoms with Crippen LogP contribution in [0, 0.1) is 0 Å². The Hall–Kier alpha value is -3.47. The fourth-order valence-corrected chi connectivity index (χ4v) is 2.51. The van der Waals surface area contributed by atoms with E-state index in [1.165, 1.54) is 0 Å². The fourth-order valence-electron chi connectivity index (χ4n) is 2.51. The van der Waals surface area contributed by atoms with Crippen LogP contribution in [-0.2, 0) is 0 Å². The van der Waals surface area contributed by atoms with Crippen molar-refractivity contribution in [2.75, 3.05) is 16.0 Å². The molecule has 3 rings (SSSR count). The van der Waals surface area contributed by atoms with Gasteiger partial charge in [0, 0.05) is 22.7 Å². The second-order valence-corrected chi connectivity index (χ2v) is 6.34. The van der Waals surface area contributed by atoms with Crippen LogP contribution < -0.4 is 20.7 Å². The third-order valence-corrected chi connectivity index (χ3v) is 3.69. The summed E-state index contributed by atoms with van der Waals surface area (Å²) in [4.78, 5) is 12.0. The lowest BCUT2D eigenvalue weighted by molar-refractivity contribution is 0.242. The molecule has 3 aromatic carbocycles. The Morgan fingerprint density at radius 3 is 1.74 bits per heavy atom. The van der Waals surface area contributed by atoms with Crippen LogP contribution in [0.2, 0.25) is 0 Å². The van der Waals surface area contributed by atoms with Crippen molar-refractivity contribution in [2.45, 2.75) is 20.0 Å². The lowest BCUT2D eigenvalue weighted by atomic mass is 10.2. The maximum atomic E-state index is 12.0. The molecule has 0 saturated carbocycles. The van der Waals surface area contributed by atoms with Gasteiger partial charge < -0.3 is 20.7 Å². The van der Waals surface area contributed by atoms with Crippen LogP contribution in [0.5, 0.6) is 5.75 Å². The zero-order chi connectivity index (χ0) is 19.1. The van der Waals surface area contributed by atoms with Crippen LogP contribution in [0.4, 0.5) is 27.5 Å². The van der Waals surface area contributed by atoms with E-state index >= 15 is 0 Å². The molecule has 0 atom stereocenters. The third-order valence-electron chi connectivity index (χ3n) is 3.69. The van der Waals surface area contributed by atoms with E-state index in [1.807, 2.05) is 92.7 Å². The Morgan fingerprint density at radius 2 is 1.19 bits per heavy atom. The number of ether oxygens (including phenoxy) is 1. The summed E-state index contributed by atoms with van der Waals surface area (Å²) in [7, 11) is 0. The van der Waals surface area contributed by atoms with E-state index in [0.29, 0.717) is 0 Å². The number of urea groups is 1. The SMILES string of the molecule is CC(C)Oc1ccc(Nc2ccc(NC(=O)Nc3ccccc3)cc2)cc1. The van der Waals surface area contributed by atoms with Gasteiger partial charge in [-0.2, -0.15) is 0 Å². The number of amides is 2. The van der Waals surface area contributed by atoms with Crippen LogP contribution >= 0.6 is 0 Å². The third kappa shape index (κ3) is 5.78. The Labute approximate surface area is 159 Å². The van der Waals surface area contributed by atoms with Crippen LogP contribution in [-0.4, -0.2) is 12.1 Å². The quantitative estimate of drug-likeness (QED) is 0.515. The summed E-state index contributed by atoms with van der Waals surface area (Å²) < 4.78 is 5.64. The van der Waals surface area contributed by atoms with Crippen molar-refractivity contribution in [1.82, 2.24) is 0 Å². The van der Waals surface area contributed by atoms with Gasteiger partial charge in [0.25, 0.3) is 0 Å². The van der Waals surface area contributed by atoms with Crippen molar-refractivity contribution in [3.63, 3.8) is 0 Å². The number of hydrogen-bond donors (Lipinski definition) is 3. The minimum atomic E-state index is -0.275. The molecule has 0 saturated heterocycles. The van der Waals surface area contributed by atoms with E-state index in [0.717, 1.165) is 28.5 Å². The molecule has 27 heavy (non-hydrogen) atoms. The van der Waals surface area contributed by atoms with Crippen molar-refractivity contribution in [2.24, 2.45) is 0 Å². The number of carbonyl (C=O) groups is 1. The smallest absolute Gasteiger partial charge is 0.323 e. The Bertz CT molecular complexity index is 860. The molecule has 2 amide bonds. The maximum absolute atomic E-state index is 12.0. The summed E-state index contributed by atoms with van der Waals surface area (Å²) in [5.41, 5.74) is 3.36. The molecule has 0 unspecified atom stereocenters. The van der Waals surface area contributed by atoms with E-state index in [1.54, 1.807) is 0 Å². The van der Waals surface area contributed by atoms with Gasteiger partial charge in [-0.15, -0.1) is 0 Å². The van der Waals surface area contributed by atoms with Crippen molar-refractivity contribution in [3.8, 4) is 5.75 Å². The molecular weight excluding hydrogens is 338 g/mol. The number of para-hydroxylation sites is 1. The first-order valence-corrected chi connectivity index (χ1v) is 8.85. The van der Waals surface area contributed by atoms with Crippen molar-refractivity contribution in [1.29, 1.82) is 0 Å². The van der Waals surface area contributed by atoms with E-state index in [4.69, 9.17) is 4.74 Å². The first kappa shape index (κ1) is 18.3. The highest BCUT2D eigenvalue weighted by molar-refractivity contribution is 5.99. The lowest BCUT2D eigenvalue weighted by Gasteiger charge is -2.12. The standard InChI is InChI=1S/C22H23N3O2/c1-16(2)27-21-14-12-19(13-15-21)23-18-8-10-20(11-9-18)25-22(26)24-17-6-4-3-5-7-17/h3-16,23H,1-2H3,(H2,24,25,26). The van der Waals surface area contributed by atoms with Crippen molar-refractivity contribution in [3.05, 3.63) is 78.9 Å². The number of anilines is 4. The van der Waals surface area contributed by atoms with E-state index in [2.05, 4.69) is 16.0 Å². The first-order chi connectivity index (χ1) is 13.1. The van der Waals surface area contributed by atoms with Gasteiger partial charge >= 0.3 is 6.03 Å². The second kappa shape index (κ2) is 8.76. The average Bonchev–Trinajstić information content (AvgIpc) is 2.65. The number of hydrogen-bond acceptors (Lipinski definition) is 3.